The van der Waals surface area contributed by atoms with Crippen LogP contribution in [0.25, 0.3) is 0 Å². The second kappa shape index (κ2) is 5.21. The highest BCUT2D eigenvalue weighted by Crippen LogP contribution is 2.30. The molecule has 0 aromatic carbocycles. The van der Waals surface area contributed by atoms with Gasteiger partial charge in [0.1, 0.15) is 4.88 Å². The first-order valence-electron chi connectivity index (χ1n) is 6.98. The Kier molecular flexibility index (Phi) is 3.58. The molecule has 3 rings (SSSR count). The number of hydrogen-bond donors (Lipinski definition) is 0. The van der Waals surface area contributed by atoms with Gasteiger partial charge in [-0.3, -0.25) is 4.79 Å². The molecule has 0 N–H and O–H groups in total. The zero-order valence-corrected chi connectivity index (χ0v) is 12.3. The molecule has 1 aliphatic carbocycles. The van der Waals surface area contributed by atoms with E-state index in [1.165, 1.54) is 24.2 Å². The van der Waals surface area contributed by atoms with Crippen molar-refractivity contribution in [2.75, 3.05) is 19.7 Å². The monoisotopic (exact) mass is 280 g/mol. The number of thiazole rings is 1. The molecule has 0 radical (unpaired) electrons. The maximum absolute atomic E-state index is 12.4. The molecule has 4 nitrogen and oxygen atoms in total. The first-order valence-corrected chi connectivity index (χ1v) is 7.80. The van der Waals surface area contributed by atoms with Crippen LogP contribution in [0.3, 0.4) is 0 Å². The molecule has 19 heavy (non-hydrogen) atoms. The van der Waals surface area contributed by atoms with E-state index in [2.05, 4.69) is 4.98 Å². The van der Waals surface area contributed by atoms with Crippen molar-refractivity contribution in [2.24, 2.45) is 5.92 Å². The molecule has 2 aliphatic rings. The van der Waals surface area contributed by atoms with E-state index in [4.69, 9.17) is 4.74 Å². The molecule has 1 aromatic heterocycles. The molecule has 104 valence electrons. The quantitative estimate of drug-likeness (QED) is 0.850. The minimum atomic E-state index is 0.126. The fourth-order valence-electron chi connectivity index (χ4n) is 2.48. The lowest BCUT2D eigenvalue weighted by Crippen LogP contribution is -2.30. The van der Waals surface area contributed by atoms with Crippen molar-refractivity contribution < 1.29 is 9.53 Å². The number of aryl methyl sites for hydroxylation is 2. The van der Waals surface area contributed by atoms with E-state index in [1.54, 1.807) is 0 Å². The Bertz CT molecular complexity index is 482. The van der Waals surface area contributed by atoms with Crippen molar-refractivity contribution in [3.8, 4) is 0 Å². The van der Waals surface area contributed by atoms with Crippen LogP contribution in [0.2, 0.25) is 0 Å². The van der Waals surface area contributed by atoms with Crippen LogP contribution in [-0.4, -0.2) is 41.6 Å². The fraction of sp³-hybridized carbons (Fsp3) is 0.714. The standard InChI is InChI=1S/C14H20N2O2S/c1-9-13(19-10(2)15-9)14(17)16-6-5-12(7-16)18-8-11-3-4-11/h11-12H,3-8H2,1-2H3. The molecular formula is C14H20N2O2S. The summed E-state index contributed by atoms with van der Waals surface area (Å²) in [5.74, 6) is 0.914. The molecule has 1 amide bonds. The van der Waals surface area contributed by atoms with Crippen LogP contribution in [0.15, 0.2) is 0 Å². The van der Waals surface area contributed by atoms with Crippen molar-refractivity contribution in [3.05, 3.63) is 15.6 Å². The van der Waals surface area contributed by atoms with E-state index in [0.29, 0.717) is 0 Å². The van der Waals surface area contributed by atoms with E-state index < -0.39 is 0 Å². The lowest BCUT2D eigenvalue weighted by atomic mass is 10.3. The number of carbonyl (C=O) groups excluding carboxylic acids is 1. The number of carbonyl (C=O) groups is 1. The zero-order chi connectivity index (χ0) is 13.4. The number of likely N-dealkylation sites (tertiary alicyclic amines) is 1. The van der Waals surface area contributed by atoms with Crippen LogP contribution < -0.4 is 0 Å². The third kappa shape index (κ3) is 2.98. The molecule has 1 atom stereocenters. The van der Waals surface area contributed by atoms with E-state index in [9.17, 15) is 4.79 Å². The average Bonchev–Trinajstić information content (AvgIpc) is 2.98. The summed E-state index contributed by atoms with van der Waals surface area (Å²) < 4.78 is 5.87. The summed E-state index contributed by atoms with van der Waals surface area (Å²) in [6, 6.07) is 0. The number of hydrogen-bond acceptors (Lipinski definition) is 4. The molecule has 1 aliphatic heterocycles. The van der Waals surface area contributed by atoms with Crippen molar-refractivity contribution in [2.45, 2.75) is 39.2 Å². The minimum Gasteiger partial charge on any atom is -0.376 e. The number of ether oxygens (including phenoxy) is 1. The van der Waals surface area contributed by atoms with Gasteiger partial charge >= 0.3 is 0 Å². The summed E-state index contributed by atoms with van der Waals surface area (Å²) in [7, 11) is 0. The molecule has 2 fully saturated rings. The number of aromatic nitrogens is 1. The summed E-state index contributed by atoms with van der Waals surface area (Å²) in [5, 5.41) is 0.960. The number of amides is 1. The van der Waals surface area contributed by atoms with Gasteiger partial charge in [0.05, 0.1) is 16.8 Å². The molecule has 2 heterocycles. The molecule has 0 spiro atoms. The van der Waals surface area contributed by atoms with Gasteiger partial charge in [0.15, 0.2) is 0 Å². The lowest BCUT2D eigenvalue weighted by molar-refractivity contribution is 0.0481. The zero-order valence-electron chi connectivity index (χ0n) is 11.5. The Balaban J connectivity index is 1.57. The van der Waals surface area contributed by atoms with E-state index in [0.717, 1.165) is 47.6 Å². The predicted octanol–water partition coefficient (Wildman–Crippen LogP) is 2.40. The smallest absolute Gasteiger partial charge is 0.265 e. The first kappa shape index (κ1) is 13.1. The van der Waals surface area contributed by atoms with Crippen LogP contribution in [-0.2, 0) is 4.74 Å². The van der Waals surface area contributed by atoms with E-state index in [1.807, 2.05) is 18.7 Å². The summed E-state index contributed by atoms with van der Waals surface area (Å²) >= 11 is 1.50. The van der Waals surface area contributed by atoms with Gasteiger partial charge in [-0.1, -0.05) is 0 Å². The third-order valence-corrected chi connectivity index (χ3v) is 4.86. The topological polar surface area (TPSA) is 42.4 Å². The van der Waals surface area contributed by atoms with Gasteiger partial charge in [-0.15, -0.1) is 11.3 Å². The van der Waals surface area contributed by atoms with Crippen molar-refractivity contribution in [1.82, 2.24) is 9.88 Å². The maximum atomic E-state index is 12.4. The summed E-state index contributed by atoms with van der Waals surface area (Å²) in [5.41, 5.74) is 0.856. The van der Waals surface area contributed by atoms with Gasteiger partial charge in [0.25, 0.3) is 5.91 Å². The molecule has 1 saturated heterocycles. The average molecular weight is 280 g/mol. The van der Waals surface area contributed by atoms with Gasteiger partial charge in [0, 0.05) is 19.7 Å². The lowest BCUT2D eigenvalue weighted by Gasteiger charge is -2.16. The van der Waals surface area contributed by atoms with Crippen molar-refractivity contribution in [3.63, 3.8) is 0 Å². The molecule has 1 saturated carbocycles. The Labute approximate surface area is 117 Å². The van der Waals surface area contributed by atoms with Crippen LogP contribution in [0, 0.1) is 19.8 Å². The highest BCUT2D eigenvalue weighted by Gasteiger charge is 2.31. The normalized spacial score (nSPS) is 23.1. The molecule has 5 heteroatoms. The maximum Gasteiger partial charge on any atom is 0.265 e. The Hall–Kier alpha value is -0.940. The largest absolute Gasteiger partial charge is 0.376 e. The van der Waals surface area contributed by atoms with Gasteiger partial charge in [0.2, 0.25) is 0 Å². The van der Waals surface area contributed by atoms with Crippen LogP contribution in [0.4, 0.5) is 0 Å². The number of rotatable bonds is 4. The molecule has 1 aromatic rings. The van der Waals surface area contributed by atoms with Gasteiger partial charge in [-0.25, -0.2) is 4.98 Å². The highest BCUT2D eigenvalue weighted by atomic mass is 32.1. The third-order valence-electron chi connectivity index (χ3n) is 3.79. The van der Waals surface area contributed by atoms with E-state index >= 15 is 0 Å². The SMILES string of the molecule is Cc1nc(C)c(C(=O)N2CCC(OCC3CC3)C2)s1. The second-order valence-electron chi connectivity index (χ2n) is 5.59. The molecular weight excluding hydrogens is 260 g/mol. The Morgan fingerprint density at radius 3 is 2.84 bits per heavy atom. The minimum absolute atomic E-state index is 0.126. The van der Waals surface area contributed by atoms with E-state index in [-0.39, 0.29) is 12.0 Å². The fourth-order valence-corrected chi connectivity index (χ4v) is 3.37. The molecule has 0 bridgehead atoms. The Morgan fingerprint density at radius 2 is 2.21 bits per heavy atom. The van der Waals surface area contributed by atoms with Crippen LogP contribution in [0.1, 0.15) is 39.6 Å². The summed E-state index contributed by atoms with van der Waals surface area (Å²) in [6.07, 6.45) is 3.83. The second-order valence-corrected chi connectivity index (χ2v) is 6.79. The Morgan fingerprint density at radius 1 is 1.42 bits per heavy atom. The van der Waals surface area contributed by atoms with Crippen molar-refractivity contribution >= 4 is 17.2 Å². The van der Waals surface area contributed by atoms with Crippen LogP contribution in [0.5, 0.6) is 0 Å². The predicted molar refractivity (Wildman–Crippen MR) is 74.6 cm³/mol. The van der Waals surface area contributed by atoms with Crippen molar-refractivity contribution in [1.29, 1.82) is 0 Å². The summed E-state index contributed by atoms with van der Waals surface area (Å²) in [6.45, 7) is 6.28. The van der Waals surface area contributed by atoms with Gasteiger partial charge in [-0.05, 0) is 39.0 Å². The highest BCUT2D eigenvalue weighted by molar-refractivity contribution is 7.13. The van der Waals surface area contributed by atoms with Gasteiger partial charge < -0.3 is 9.64 Å². The molecule has 1 unspecified atom stereocenters. The summed E-state index contributed by atoms with van der Waals surface area (Å²) in [4.78, 5) is 19.5. The van der Waals surface area contributed by atoms with Gasteiger partial charge in [-0.2, -0.15) is 0 Å². The first-order chi connectivity index (χ1) is 9.13. The number of nitrogens with zero attached hydrogens (tertiary/aromatic N) is 2. The van der Waals surface area contributed by atoms with Crippen LogP contribution >= 0.6 is 11.3 Å².